The monoisotopic (exact) mass is 212 g/mol. The fraction of sp³-hybridized carbons (Fsp3) is 1.00. The second-order valence-corrected chi connectivity index (χ2v) is 4.87. The zero-order valence-corrected chi connectivity index (χ0v) is 10.8. The highest BCUT2D eigenvalue weighted by Gasteiger charge is 2.19. The van der Waals surface area contributed by atoms with Crippen molar-refractivity contribution < 1.29 is 0 Å². The lowest BCUT2D eigenvalue weighted by Gasteiger charge is -2.38. The first-order valence-corrected chi connectivity index (χ1v) is 6.74. The van der Waals surface area contributed by atoms with Gasteiger partial charge in [0.25, 0.3) is 0 Å². The van der Waals surface area contributed by atoms with Crippen LogP contribution >= 0.6 is 0 Å². The molecule has 1 fully saturated rings. The van der Waals surface area contributed by atoms with Crippen molar-refractivity contribution in [2.75, 3.05) is 32.7 Å². The Balaban J connectivity index is 2.17. The van der Waals surface area contributed by atoms with Gasteiger partial charge in [-0.2, -0.15) is 0 Å². The minimum atomic E-state index is 0.795. The molecule has 0 aromatic heterocycles. The van der Waals surface area contributed by atoms with E-state index in [0.29, 0.717) is 0 Å². The summed E-state index contributed by atoms with van der Waals surface area (Å²) in [7, 11) is 0. The van der Waals surface area contributed by atoms with Crippen molar-refractivity contribution in [2.24, 2.45) is 0 Å². The van der Waals surface area contributed by atoms with Gasteiger partial charge in [0.05, 0.1) is 0 Å². The average molecular weight is 212 g/mol. The van der Waals surface area contributed by atoms with Crippen molar-refractivity contribution in [1.82, 2.24) is 9.80 Å². The molecule has 0 amide bonds. The van der Waals surface area contributed by atoms with E-state index < -0.39 is 0 Å². The van der Waals surface area contributed by atoms with Crippen LogP contribution in [0, 0.1) is 0 Å². The second-order valence-electron chi connectivity index (χ2n) is 4.87. The Labute approximate surface area is 95.6 Å². The Morgan fingerprint density at radius 3 is 2.20 bits per heavy atom. The first-order chi connectivity index (χ1) is 7.27. The topological polar surface area (TPSA) is 6.48 Å². The van der Waals surface area contributed by atoms with Gasteiger partial charge in [-0.1, -0.05) is 26.7 Å². The van der Waals surface area contributed by atoms with Gasteiger partial charge in [-0.15, -0.1) is 0 Å². The molecule has 0 aromatic carbocycles. The lowest BCUT2D eigenvalue weighted by molar-refractivity contribution is 0.0976. The summed E-state index contributed by atoms with van der Waals surface area (Å²) < 4.78 is 0. The third-order valence-electron chi connectivity index (χ3n) is 3.56. The normalized spacial score (nSPS) is 21.8. The third kappa shape index (κ3) is 4.52. The van der Waals surface area contributed by atoms with E-state index >= 15 is 0 Å². The minimum absolute atomic E-state index is 0.795. The van der Waals surface area contributed by atoms with E-state index in [-0.39, 0.29) is 0 Å². The van der Waals surface area contributed by atoms with Crippen LogP contribution in [0.3, 0.4) is 0 Å². The van der Waals surface area contributed by atoms with Crippen LogP contribution in [0.1, 0.15) is 46.5 Å². The molecule has 0 radical (unpaired) electrons. The van der Waals surface area contributed by atoms with E-state index in [9.17, 15) is 0 Å². The van der Waals surface area contributed by atoms with Gasteiger partial charge < -0.3 is 4.90 Å². The Morgan fingerprint density at radius 2 is 1.67 bits per heavy atom. The maximum atomic E-state index is 2.66. The van der Waals surface area contributed by atoms with Crippen LogP contribution in [0.15, 0.2) is 0 Å². The molecule has 15 heavy (non-hydrogen) atoms. The predicted molar refractivity (Wildman–Crippen MR) is 67.3 cm³/mol. The predicted octanol–water partition coefficient (Wildman–Crippen LogP) is 2.59. The summed E-state index contributed by atoms with van der Waals surface area (Å²) in [5, 5.41) is 0. The smallest absolute Gasteiger partial charge is 0.0113 e. The summed E-state index contributed by atoms with van der Waals surface area (Å²) in [5.74, 6) is 0. The number of hydrogen-bond donors (Lipinski definition) is 0. The fourth-order valence-electron chi connectivity index (χ4n) is 2.41. The molecule has 2 heteroatoms. The van der Waals surface area contributed by atoms with Gasteiger partial charge in [-0.25, -0.2) is 0 Å². The molecule has 1 heterocycles. The van der Waals surface area contributed by atoms with Gasteiger partial charge in [-0.05, 0) is 26.3 Å². The number of hydrogen-bond acceptors (Lipinski definition) is 2. The largest absolute Gasteiger partial charge is 0.301 e. The number of nitrogens with zero attached hydrogens (tertiary/aromatic N) is 2. The summed E-state index contributed by atoms with van der Waals surface area (Å²) in [5.41, 5.74) is 0. The molecule has 0 aliphatic carbocycles. The van der Waals surface area contributed by atoms with E-state index in [1.54, 1.807) is 0 Å². The molecule has 1 aliphatic rings. The van der Waals surface area contributed by atoms with Crippen molar-refractivity contribution >= 4 is 0 Å². The number of unbranched alkanes of at least 4 members (excludes halogenated alkanes) is 1. The molecule has 1 atom stereocenters. The van der Waals surface area contributed by atoms with Gasteiger partial charge in [0.1, 0.15) is 0 Å². The van der Waals surface area contributed by atoms with Crippen molar-refractivity contribution in [1.29, 1.82) is 0 Å². The second kappa shape index (κ2) is 7.24. The minimum Gasteiger partial charge on any atom is -0.301 e. The molecule has 2 nitrogen and oxygen atoms in total. The van der Waals surface area contributed by atoms with Crippen molar-refractivity contribution in [2.45, 2.75) is 52.5 Å². The average Bonchev–Trinajstić information content (AvgIpc) is 2.27. The Bertz CT molecular complexity index is 151. The lowest BCUT2D eigenvalue weighted by Crippen LogP contribution is -2.49. The zero-order valence-electron chi connectivity index (χ0n) is 10.8. The molecule has 1 rings (SSSR count). The van der Waals surface area contributed by atoms with Crippen LogP contribution < -0.4 is 0 Å². The van der Waals surface area contributed by atoms with Gasteiger partial charge in [-0.3, -0.25) is 4.90 Å². The third-order valence-corrected chi connectivity index (χ3v) is 3.56. The SMILES string of the molecule is CCCCN1CCN(C(C)CCC)CC1. The molecule has 0 spiro atoms. The molecule has 0 bridgehead atoms. The molecule has 1 aliphatic heterocycles. The van der Waals surface area contributed by atoms with Gasteiger partial charge in [0.2, 0.25) is 0 Å². The Morgan fingerprint density at radius 1 is 1.00 bits per heavy atom. The highest BCUT2D eigenvalue weighted by molar-refractivity contribution is 4.75. The van der Waals surface area contributed by atoms with Crippen molar-refractivity contribution in [3.05, 3.63) is 0 Å². The summed E-state index contributed by atoms with van der Waals surface area (Å²) in [6.07, 6.45) is 5.36. The van der Waals surface area contributed by atoms with Gasteiger partial charge >= 0.3 is 0 Å². The van der Waals surface area contributed by atoms with E-state index in [4.69, 9.17) is 0 Å². The standard InChI is InChI=1S/C13H28N2/c1-4-6-8-14-9-11-15(12-10-14)13(3)7-5-2/h13H,4-12H2,1-3H3. The van der Waals surface area contributed by atoms with Crippen LogP contribution in [0.4, 0.5) is 0 Å². The fourth-order valence-corrected chi connectivity index (χ4v) is 2.41. The molecule has 0 aromatic rings. The van der Waals surface area contributed by atoms with E-state index in [2.05, 4.69) is 30.6 Å². The van der Waals surface area contributed by atoms with E-state index in [1.165, 1.54) is 58.4 Å². The first-order valence-electron chi connectivity index (χ1n) is 6.74. The number of rotatable bonds is 6. The lowest BCUT2D eigenvalue weighted by atomic mass is 10.1. The van der Waals surface area contributed by atoms with Crippen LogP contribution in [0.25, 0.3) is 0 Å². The van der Waals surface area contributed by atoms with Crippen LogP contribution in [-0.4, -0.2) is 48.6 Å². The molecule has 0 saturated carbocycles. The first kappa shape index (κ1) is 13.0. The summed E-state index contributed by atoms with van der Waals surface area (Å²) in [4.78, 5) is 5.28. The molecule has 0 N–H and O–H groups in total. The van der Waals surface area contributed by atoms with Crippen molar-refractivity contribution in [3.8, 4) is 0 Å². The quantitative estimate of drug-likeness (QED) is 0.668. The Kier molecular flexibility index (Phi) is 6.26. The summed E-state index contributed by atoms with van der Waals surface area (Å²) in [6.45, 7) is 13.4. The van der Waals surface area contributed by atoms with Gasteiger partial charge in [0, 0.05) is 32.2 Å². The highest BCUT2D eigenvalue weighted by Crippen LogP contribution is 2.10. The molecular weight excluding hydrogens is 184 g/mol. The van der Waals surface area contributed by atoms with Crippen LogP contribution in [0.2, 0.25) is 0 Å². The highest BCUT2D eigenvalue weighted by atomic mass is 15.3. The van der Waals surface area contributed by atoms with Gasteiger partial charge in [0.15, 0.2) is 0 Å². The van der Waals surface area contributed by atoms with Crippen LogP contribution in [-0.2, 0) is 0 Å². The zero-order chi connectivity index (χ0) is 11.1. The van der Waals surface area contributed by atoms with Crippen LogP contribution in [0.5, 0.6) is 0 Å². The van der Waals surface area contributed by atoms with E-state index in [0.717, 1.165) is 6.04 Å². The molecule has 1 unspecified atom stereocenters. The molecule has 1 saturated heterocycles. The maximum Gasteiger partial charge on any atom is 0.0113 e. The summed E-state index contributed by atoms with van der Waals surface area (Å²) >= 11 is 0. The van der Waals surface area contributed by atoms with Crippen molar-refractivity contribution in [3.63, 3.8) is 0 Å². The summed E-state index contributed by atoms with van der Waals surface area (Å²) in [6, 6.07) is 0.795. The Hall–Kier alpha value is -0.0800. The maximum absolute atomic E-state index is 2.66. The number of piperazine rings is 1. The molecule has 90 valence electrons. The molecular formula is C13H28N2. The van der Waals surface area contributed by atoms with E-state index in [1.807, 2.05) is 0 Å².